The molecule has 6 heteroatoms. The van der Waals surface area contributed by atoms with E-state index in [1.54, 1.807) is 6.20 Å². The highest BCUT2D eigenvalue weighted by molar-refractivity contribution is 6.09. The van der Waals surface area contributed by atoms with Crippen LogP contribution in [0, 0.1) is 0 Å². The van der Waals surface area contributed by atoms with Crippen molar-refractivity contribution in [3.8, 4) is 0 Å². The molecule has 6 nitrogen and oxygen atoms in total. The predicted octanol–water partition coefficient (Wildman–Crippen LogP) is 3.79. The zero-order valence-electron chi connectivity index (χ0n) is 16.7. The van der Waals surface area contributed by atoms with Crippen LogP contribution < -0.4 is 10.6 Å². The Morgan fingerprint density at radius 3 is 2.71 bits per heavy atom. The molecular formula is C22H27N5O. The maximum atomic E-state index is 13.1. The number of amides is 1. The van der Waals surface area contributed by atoms with Gasteiger partial charge in [0.05, 0.1) is 17.8 Å². The predicted molar refractivity (Wildman–Crippen MR) is 113 cm³/mol. The molecule has 1 fully saturated rings. The third-order valence-corrected chi connectivity index (χ3v) is 5.12. The molecule has 3 heterocycles. The second-order valence-corrected chi connectivity index (χ2v) is 8.56. The van der Waals surface area contributed by atoms with Gasteiger partial charge in [-0.1, -0.05) is 18.2 Å². The summed E-state index contributed by atoms with van der Waals surface area (Å²) in [6.45, 7) is 7.56. The number of carbonyl (C=O) groups excluding carboxylic acids is 1. The summed E-state index contributed by atoms with van der Waals surface area (Å²) < 4.78 is 0. The number of amidine groups is 1. The number of aromatic nitrogens is 1. The molecule has 0 saturated carbocycles. The van der Waals surface area contributed by atoms with E-state index >= 15 is 0 Å². The highest BCUT2D eigenvalue weighted by atomic mass is 16.2. The molecule has 1 unspecified atom stereocenters. The largest absolute Gasteiger partial charge is 0.368 e. The molecule has 0 radical (unpaired) electrons. The Labute approximate surface area is 166 Å². The summed E-state index contributed by atoms with van der Waals surface area (Å²) >= 11 is 0. The van der Waals surface area contributed by atoms with Crippen LogP contribution >= 0.6 is 0 Å². The minimum Gasteiger partial charge on any atom is -0.368 e. The number of hydrogen-bond acceptors (Lipinski definition) is 4. The van der Waals surface area contributed by atoms with Crippen LogP contribution in [-0.4, -0.2) is 45.8 Å². The lowest BCUT2D eigenvalue weighted by atomic mass is 9.85. The van der Waals surface area contributed by atoms with Crippen LogP contribution in [0.25, 0.3) is 0 Å². The van der Waals surface area contributed by atoms with Gasteiger partial charge in [-0.15, -0.1) is 0 Å². The van der Waals surface area contributed by atoms with Gasteiger partial charge in [-0.25, -0.2) is 4.98 Å². The summed E-state index contributed by atoms with van der Waals surface area (Å²) in [5.41, 5.74) is 0.991. The Hall–Kier alpha value is -2.89. The SMILES string of the molecule is CC(C)(C)N=C1Nc2ncccc2NC12CCCN(C(=O)c1ccccc1)C2. The number of anilines is 2. The molecule has 0 bridgehead atoms. The monoisotopic (exact) mass is 377 g/mol. The molecule has 146 valence electrons. The highest BCUT2D eigenvalue weighted by Gasteiger charge is 2.45. The van der Waals surface area contributed by atoms with Crippen LogP contribution in [0.15, 0.2) is 53.7 Å². The molecule has 2 aromatic rings. The molecular weight excluding hydrogens is 350 g/mol. The molecule has 1 aromatic carbocycles. The van der Waals surface area contributed by atoms with Crippen molar-refractivity contribution in [1.29, 1.82) is 0 Å². The van der Waals surface area contributed by atoms with Crippen LogP contribution in [0.2, 0.25) is 0 Å². The number of nitrogens with one attached hydrogen (secondary N) is 2. The van der Waals surface area contributed by atoms with Crippen LogP contribution in [0.1, 0.15) is 44.0 Å². The van der Waals surface area contributed by atoms with Crippen molar-refractivity contribution in [3.63, 3.8) is 0 Å². The average Bonchev–Trinajstić information content (AvgIpc) is 2.68. The smallest absolute Gasteiger partial charge is 0.253 e. The van der Waals surface area contributed by atoms with Crippen molar-refractivity contribution in [1.82, 2.24) is 9.88 Å². The number of benzene rings is 1. The fourth-order valence-electron chi connectivity index (χ4n) is 3.91. The van der Waals surface area contributed by atoms with Gasteiger partial charge in [0.25, 0.3) is 5.91 Å². The number of nitrogens with zero attached hydrogens (tertiary/aromatic N) is 3. The van der Waals surface area contributed by atoms with Gasteiger partial charge in [-0.2, -0.15) is 0 Å². The number of hydrogen-bond donors (Lipinski definition) is 2. The Kier molecular flexibility index (Phi) is 4.57. The molecule has 1 saturated heterocycles. The molecule has 2 aliphatic heterocycles. The molecule has 4 rings (SSSR count). The molecule has 0 aliphatic carbocycles. The Morgan fingerprint density at radius 2 is 1.96 bits per heavy atom. The maximum absolute atomic E-state index is 13.1. The lowest BCUT2D eigenvalue weighted by molar-refractivity contribution is 0.0694. The van der Waals surface area contributed by atoms with E-state index in [-0.39, 0.29) is 11.4 Å². The van der Waals surface area contributed by atoms with Gasteiger partial charge in [-0.05, 0) is 57.9 Å². The first-order chi connectivity index (χ1) is 13.4. The minimum absolute atomic E-state index is 0.0635. The van der Waals surface area contributed by atoms with E-state index in [0.717, 1.165) is 42.3 Å². The molecule has 2 N–H and O–H groups in total. The number of rotatable bonds is 1. The molecule has 28 heavy (non-hydrogen) atoms. The van der Waals surface area contributed by atoms with E-state index in [9.17, 15) is 4.79 Å². The number of likely N-dealkylation sites (tertiary alicyclic amines) is 1. The normalized spacial score (nSPS) is 23.1. The van der Waals surface area contributed by atoms with E-state index in [1.807, 2.05) is 47.4 Å². The third-order valence-electron chi connectivity index (χ3n) is 5.12. The molecule has 1 spiro atoms. The van der Waals surface area contributed by atoms with Crippen molar-refractivity contribution in [2.75, 3.05) is 23.7 Å². The van der Waals surface area contributed by atoms with Crippen LogP contribution in [0.4, 0.5) is 11.5 Å². The fourth-order valence-corrected chi connectivity index (χ4v) is 3.91. The van der Waals surface area contributed by atoms with Gasteiger partial charge < -0.3 is 15.5 Å². The summed E-state index contributed by atoms with van der Waals surface area (Å²) in [5.74, 6) is 1.70. The number of piperidine rings is 1. The first-order valence-electron chi connectivity index (χ1n) is 9.81. The van der Waals surface area contributed by atoms with Crippen LogP contribution in [0.3, 0.4) is 0 Å². The lowest BCUT2D eigenvalue weighted by Crippen LogP contribution is -2.63. The zero-order chi connectivity index (χ0) is 19.8. The Morgan fingerprint density at radius 1 is 1.18 bits per heavy atom. The van der Waals surface area contributed by atoms with Crippen LogP contribution in [-0.2, 0) is 0 Å². The van der Waals surface area contributed by atoms with E-state index < -0.39 is 5.54 Å². The molecule has 1 aromatic heterocycles. The zero-order valence-corrected chi connectivity index (χ0v) is 16.7. The minimum atomic E-state index is -0.438. The van der Waals surface area contributed by atoms with Gasteiger partial charge >= 0.3 is 0 Å². The summed E-state index contributed by atoms with van der Waals surface area (Å²) in [6.07, 6.45) is 3.58. The van der Waals surface area contributed by atoms with Gasteiger partial charge in [-0.3, -0.25) is 9.79 Å². The van der Waals surface area contributed by atoms with Crippen molar-refractivity contribution < 1.29 is 4.79 Å². The summed E-state index contributed by atoms with van der Waals surface area (Å²) in [7, 11) is 0. The molecule has 1 amide bonds. The van der Waals surface area contributed by atoms with E-state index in [1.165, 1.54) is 0 Å². The number of fused-ring (bicyclic) bond motifs is 1. The van der Waals surface area contributed by atoms with E-state index in [2.05, 4.69) is 36.4 Å². The second-order valence-electron chi connectivity index (χ2n) is 8.56. The van der Waals surface area contributed by atoms with Crippen LogP contribution in [0.5, 0.6) is 0 Å². The lowest BCUT2D eigenvalue weighted by Gasteiger charge is -2.47. The maximum Gasteiger partial charge on any atom is 0.253 e. The fraction of sp³-hybridized carbons (Fsp3) is 0.409. The second kappa shape index (κ2) is 6.93. The molecule has 1 atom stereocenters. The molecule has 2 aliphatic rings. The highest BCUT2D eigenvalue weighted by Crippen LogP contribution is 2.36. The topological polar surface area (TPSA) is 69.6 Å². The average molecular weight is 377 g/mol. The van der Waals surface area contributed by atoms with Crippen molar-refractivity contribution in [2.24, 2.45) is 4.99 Å². The van der Waals surface area contributed by atoms with Crippen molar-refractivity contribution in [3.05, 3.63) is 54.2 Å². The van der Waals surface area contributed by atoms with E-state index in [4.69, 9.17) is 4.99 Å². The number of pyridine rings is 1. The summed E-state index contributed by atoms with van der Waals surface area (Å²) in [4.78, 5) is 24.4. The van der Waals surface area contributed by atoms with Gasteiger partial charge in [0.1, 0.15) is 11.4 Å². The number of carbonyl (C=O) groups is 1. The summed E-state index contributed by atoms with van der Waals surface area (Å²) in [5, 5.41) is 7.12. The van der Waals surface area contributed by atoms with E-state index in [0.29, 0.717) is 6.54 Å². The Balaban J connectivity index is 1.70. The first kappa shape index (κ1) is 18.5. The quantitative estimate of drug-likeness (QED) is 0.793. The third kappa shape index (κ3) is 3.59. The van der Waals surface area contributed by atoms with Gasteiger partial charge in [0.15, 0.2) is 5.82 Å². The Bertz CT molecular complexity index is 903. The van der Waals surface area contributed by atoms with Crippen molar-refractivity contribution >= 4 is 23.2 Å². The van der Waals surface area contributed by atoms with Gasteiger partial charge in [0.2, 0.25) is 0 Å². The first-order valence-corrected chi connectivity index (χ1v) is 9.81. The van der Waals surface area contributed by atoms with Crippen molar-refractivity contribution in [2.45, 2.75) is 44.7 Å². The summed E-state index contributed by atoms with van der Waals surface area (Å²) in [6, 6.07) is 13.4. The van der Waals surface area contributed by atoms with Gasteiger partial charge in [0, 0.05) is 18.3 Å². The number of aliphatic imine (C=N–C) groups is 1. The standard InChI is InChI=1S/C22H27N5O/c1-21(2,3)26-20-22(25-17-11-7-13-23-18(17)24-20)12-8-14-27(15-22)19(28)16-9-5-4-6-10-16/h4-7,9-11,13,25H,8,12,14-15H2,1-3H3,(H,23,24,26).